The van der Waals surface area contributed by atoms with Crippen LogP contribution in [-0.2, 0) is 4.79 Å². The van der Waals surface area contributed by atoms with Crippen molar-refractivity contribution in [3.8, 4) is 11.3 Å². The first-order valence-corrected chi connectivity index (χ1v) is 12.3. The van der Waals surface area contributed by atoms with Gasteiger partial charge in [-0.25, -0.2) is 0 Å². The number of rotatable bonds is 7. The van der Waals surface area contributed by atoms with Crippen LogP contribution in [0.3, 0.4) is 0 Å². The van der Waals surface area contributed by atoms with Gasteiger partial charge in [-0.15, -0.1) is 10.2 Å². The Morgan fingerprint density at radius 2 is 1.89 bits per heavy atom. The van der Waals surface area contributed by atoms with Gasteiger partial charge < -0.3 is 19.1 Å². The molecule has 0 spiro atoms. The predicted molar refractivity (Wildman–Crippen MR) is 135 cm³/mol. The Labute approximate surface area is 210 Å². The minimum atomic E-state index is -0.261. The SMILES string of the molecule is CC[C@H](C)N(CC(=O)N1CCCN(c2ccc(-c3ccccc3Cl)nn2)CC1)C(=O)c1ccco1. The minimum Gasteiger partial charge on any atom is -0.459 e. The lowest BCUT2D eigenvalue weighted by atomic mass is 10.1. The van der Waals surface area contributed by atoms with Gasteiger partial charge in [0.15, 0.2) is 11.6 Å². The molecule has 2 amide bonds. The van der Waals surface area contributed by atoms with E-state index in [-0.39, 0.29) is 30.2 Å². The summed E-state index contributed by atoms with van der Waals surface area (Å²) in [5.41, 5.74) is 1.56. The molecule has 1 aliphatic rings. The Balaban J connectivity index is 1.39. The first-order chi connectivity index (χ1) is 17.0. The fourth-order valence-corrected chi connectivity index (χ4v) is 4.37. The molecular formula is C26H30ClN5O3. The van der Waals surface area contributed by atoms with Gasteiger partial charge in [0, 0.05) is 37.8 Å². The van der Waals surface area contributed by atoms with Crippen LogP contribution in [0.5, 0.6) is 0 Å². The fraction of sp³-hybridized carbons (Fsp3) is 0.385. The largest absolute Gasteiger partial charge is 0.459 e. The summed E-state index contributed by atoms with van der Waals surface area (Å²) in [7, 11) is 0. The molecule has 0 radical (unpaired) electrons. The fourth-order valence-electron chi connectivity index (χ4n) is 4.14. The monoisotopic (exact) mass is 495 g/mol. The van der Waals surface area contributed by atoms with Crippen molar-refractivity contribution in [2.45, 2.75) is 32.7 Å². The molecule has 1 fully saturated rings. The highest BCUT2D eigenvalue weighted by Gasteiger charge is 2.28. The summed E-state index contributed by atoms with van der Waals surface area (Å²) in [5.74, 6) is 0.693. The van der Waals surface area contributed by atoms with Crippen molar-refractivity contribution in [1.29, 1.82) is 0 Å². The molecule has 9 heteroatoms. The highest BCUT2D eigenvalue weighted by molar-refractivity contribution is 6.33. The number of nitrogens with zero attached hydrogens (tertiary/aromatic N) is 5. The van der Waals surface area contributed by atoms with Gasteiger partial charge in [-0.2, -0.15) is 0 Å². The number of hydrogen-bond acceptors (Lipinski definition) is 6. The molecule has 3 heterocycles. The van der Waals surface area contributed by atoms with Gasteiger partial charge in [0.2, 0.25) is 5.91 Å². The molecule has 0 unspecified atom stereocenters. The summed E-state index contributed by atoms with van der Waals surface area (Å²) >= 11 is 6.28. The number of carbonyl (C=O) groups is 2. The maximum absolute atomic E-state index is 13.2. The lowest BCUT2D eigenvalue weighted by molar-refractivity contribution is -0.132. The van der Waals surface area contributed by atoms with Gasteiger partial charge in [0.25, 0.3) is 5.91 Å². The molecule has 0 saturated carbocycles. The Hall–Kier alpha value is -3.39. The summed E-state index contributed by atoms with van der Waals surface area (Å²) in [6, 6.07) is 14.6. The smallest absolute Gasteiger partial charge is 0.290 e. The van der Waals surface area contributed by atoms with Crippen LogP contribution in [0.25, 0.3) is 11.3 Å². The molecule has 1 aromatic carbocycles. The summed E-state index contributed by atoms with van der Waals surface area (Å²) in [4.78, 5) is 31.7. The summed E-state index contributed by atoms with van der Waals surface area (Å²) < 4.78 is 5.28. The predicted octanol–water partition coefficient (Wildman–Crippen LogP) is 4.37. The van der Waals surface area contributed by atoms with Gasteiger partial charge in [0.1, 0.15) is 6.54 Å². The van der Waals surface area contributed by atoms with Crippen LogP contribution in [0.2, 0.25) is 5.02 Å². The second-order valence-electron chi connectivity index (χ2n) is 8.65. The molecule has 1 atom stereocenters. The van der Waals surface area contributed by atoms with Crippen LogP contribution in [0.1, 0.15) is 37.2 Å². The molecule has 2 aromatic heterocycles. The van der Waals surface area contributed by atoms with Crippen molar-refractivity contribution in [2.75, 3.05) is 37.6 Å². The van der Waals surface area contributed by atoms with E-state index >= 15 is 0 Å². The van der Waals surface area contributed by atoms with Crippen molar-refractivity contribution in [1.82, 2.24) is 20.0 Å². The lowest BCUT2D eigenvalue weighted by Gasteiger charge is -2.30. The standard InChI is InChI=1S/C26H30ClN5O3/c1-3-19(2)32(26(34)23-10-6-17-35-23)18-25(33)31-14-7-13-30(15-16-31)24-12-11-22(28-29-24)20-8-4-5-9-21(20)27/h4-6,8-12,17,19H,3,7,13-16,18H2,1-2H3/t19-/m0/s1. The maximum atomic E-state index is 13.2. The molecule has 0 aliphatic carbocycles. The Bertz CT molecular complexity index is 1140. The number of hydrogen-bond donors (Lipinski definition) is 0. The van der Waals surface area contributed by atoms with Crippen LogP contribution < -0.4 is 4.90 Å². The quantitative estimate of drug-likeness (QED) is 0.484. The number of furan rings is 1. The van der Waals surface area contributed by atoms with E-state index in [9.17, 15) is 9.59 Å². The summed E-state index contributed by atoms with van der Waals surface area (Å²) in [5, 5.41) is 9.42. The van der Waals surface area contributed by atoms with Crippen LogP contribution in [0, 0.1) is 0 Å². The Kier molecular flexibility index (Phi) is 8.02. The molecular weight excluding hydrogens is 466 g/mol. The van der Waals surface area contributed by atoms with Crippen molar-refractivity contribution in [3.05, 3.63) is 65.6 Å². The lowest BCUT2D eigenvalue weighted by Crippen LogP contribution is -2.47. The third-order valence-corrected chi connectivity index (χ3v) is 6.72. The van der Waals surface area contributed by atoms with Crippen molar-refractivity contribution in [2.24, 2.45) is 0 Å². The van der Waals surface area contributed by atoms with E-state index in [1.165, 1.54) is 6.26 Å². The van der Waals surface area contributed by atoms with Gasteiger partial charge in [-0.05, 0) is 50.1 Å². The van der Waals surface area contributed by atoms with Gasteiger partial charge >= 0.3 is 0 Å². The first kappa shape index (κ1) is 24.7. The zero-order valence-corrected chi connectivity index (χ0v) is 20.8. The number of carbonyl (C=O) groups excluding carboxylic acids is 2. The highest BCUT2D eigenvalue weighted by atomic mass is 35.5. The molecule has 184 valence electrons. The van der Waals surface area contributed by atoms with Crippen molar-refractivity contribution < 1.29 is 14.0 Å². The average Bonchev–Trinajstić information content (AvgIpc) is 3.31. The topological polar surface area (TPSA) is 82.8 Å². The zero-order valence-electron chi connectivity index (χ0n) is 20.1. The van der Waals surface area contributed by atoms with E-state index < -0.39 is 0 Å². The minimum absolute atomic E-state index is 0.0286. The molecule has 4 rings (SSSR count). The van der Waals surface area contributed by atoms with E-state index in [1.54, 1.807) is 17.0 Å². The van der Waals surface area contributed by atoms with E-state index in [0.717, 1.165) is 36.5 Å². The Morgan fingerprint density at radius 3 is 2.57 bits per heavy atom. The van der Waals surface area contributed by atoms with Crippen LogP contribution in [0.4, 0.5) is 5.82 Å². The second kappa shape index (κ2) is 11.4. The number of benzene rings is 1. The first-order valence-electron chi connectivity index (χ1n) is 11.9. The van der Waals surface area contributed by atoms with E-state index in [2.05, 4.69) is 15.1 Å². The van der Waals surface area contributed by atoms with Crippen LogP contribution in [-0.4, -0.2) is 70.6 Å². The third kappa shape index (κ3) is 5.82. The molecule has 3 aromatic rings. The number of aromatic nitrogens is 2. The molecule has 0 bridgehead atoms. The van der Waals surface area contributed by atoms with Crippen LogP contribution in [0.15, 0.2) is 59.2 Å². The van der Waals surface area contributed by atoms with E-state index in [1.807, 2.05) is 55.1 Å². The number of halogens is 1. The number of amides is 2. The Morgan fingerprint density at radius 1 is 1.06 bits per heavy atom. The van der Waals surface area contributed by atoms with E-state index in [0.29, 0.717) is 24.7 Å². The van der Waals surface area contributed by atoms with Crippen molar-refractivity contribution in [3.63, 3.8) is 0 Å². The summed E-state index contributed by atoms with van der Waals surface area (Å²) in [6.45, 7) is 6.56. The maximum Gasteiger partial charge on any atom is 0.290 e. The normalized spacial score (nSPS) is 14.9. The highest BCUT2D eigenvalue weighted by Crippen LogP contribution is 2.26. The molecule has 1 aliphatic heterocycles. The average molecular weight is 496 g/mol. The van der Waals surface area contributed by atoms with Gasteiger partial charge in [-0.1, -0.05) is 36.7 Å². The van der Waals surface area contributed by atoms with Crippen molar-refractivity contribution >= 4 is 29.2 Å². The molecule has 0 N–H and O–H groups in total. The number of anilines is 1. The molecule has 8 nitrogen and oxygen atoms in total. The zero-order chi connectivity index (χ0) is 24.8. The summed E-state index contributed by atoms with van der Waals surface area (Å²) in [6.07, 6.45) is 3.02. The van der Waals surface area contributed by atoms with Gasteiger partial charge in [0.05, 0.1) is 17.0 Å². The van der Waals surface area contributed by atoms with E-state index in [4.69, 9.17) is 16.0 Å². The van der Waals surface area contributed by atoms with Crippen LogP contribution >= 0.6 is 11.6 Å². The second-order valence-corrected chi connectivity index (χ2v) is 9.05. The molecule has 1 saturated heterocycles. The third-order valence-electron chi connectivity index (χ3n) is 6.39. The molecule has 35 heavy (non-hydrogen) atoms. The van der Waals surface area contributed by atoms with Gasteiger partial charge in [-0.3, -0.25) is 9.59 Å².